The number of likely N-dealkylation sites (tertiary alicyclic amines) is 1. The van der Waals surface area contributed by atoms with Crippen LogP contribution in [-0.2, 0) is 16.1 Å². The number of carbonyl (C=O) groups excluding carboxylic acids is 1. The third-order valence-electron chi connectivity index (χ3n) is 5.97. The van der Waals surface area contributed by atoms with Gasteiger partial charge in [0.25, 0.3) is 5.91 Å². The zero-order valence-electron chi connectivity index (χ0n) is 16.3. The lowest BCUT2D eigenvalue weighted by Gasteiger charge is -2.29. The van der Waals surface area contributed by atoms with Crippen LogP contribution in [0.5, 0.6) is 5.75 Å². The lowest BCUT2D eigenvalue weighted by atomic mass is 10.1. The highest BCUT2D eigenvalue weighted by Gasteiger charge is 2.31. The number of amides is 1. The van der Waals surface area contributed by atoms with Crippen molar-refractivity contribution in [1.82, 2.24) is 14.7 Å². The Labute approximate surface area is 162 Å². The highest BCUT2D eigenvalue weighted by Crippen LogP contribution is 2.21. The Morgan fingerprint density at radius 3 is 2.67 bits per heavy atom. The molecule has 0 aliphatic carbocycles. The quantitative estimate of drug-likeness (QED) is 0.782. The number of rotatable bonds is 5. The normalized spacial score (nSPS) is 26.8. The molecule has 3 aliphatic rings. The molecular formula is C21H31N3O3. The second kappa shape index (κ2) is 8.59. The Balaban J connectivity index is 1.29. The number of ether oxygens (including phenoxy) is 2. The molecule has 3 heterocycles. The first-order chi connectivity index (χ1) is 13.2. The fourth-order valence-electron chi connectivity index (χ4n) is 4.43. The van der Waals surface area contributed by atoms with Gasteiger partial charge >= 0.3 is 0 Å². The van der Waals surface area contributed by atoms with Crippen molar-refractivity contribution in [3.05, 3.63) is 29.8 Å². The maximum Gasteiger partial charge on any atom is 0.260 e. The Bertz CT molecular complexity index is 630. The van der Waals surface area contributed by atoms with Gasteiger partial charge in [0.2, 0.25) is 0 Å². The van der Waals surface area contributed by atoms with Gasteiger partial charge in [-0.25, -0.2) is 0 Å². The SMILES string of the molecule is CN1C[C@H]2COC[C@@H]1CN(Cc1ccc(OCC(=O)N3CCCC3)cc1)C2. The second-order valence-electron chi connectivity index (χ2n) is 8.21. The van der Waals surface area contributed by atoms with Crippen molar-refractivity contribution < 1.29 is 14.3 Å². The van der Waals surface area contributed by atoms with E-state index in [0.29, 0.717) is 12.0 Å². The standard InChI is InChI=1S/C21H31N3O3/c1-22-10-18-12-23(13-19(22)15-26-14-18)11-17-4-6-20(7-5-17)27-16-21(25)24-8-2-3-9-24/h4-7,18-19H,2-3,8-16H2,1H3/t18-,19+/m1/s1. The van der Waals surface area contributed by atoms with E-state index in [1.54, 1.807) is 0 Å². The molecule has 2 atom stereocenters. The fourth-order valence-corrected chi connectivity index (χ4v) is 4.43. The van der Waals surface area contributed by atoms with Gasteiger partial charge in [-0.2, -0.15) is 0 Å². The van der Waals surface area contributed by atoms with Crippen LogP contribution in [0.3, 0.4) is 0 Å². The molecule has 6 nitrogen and oxygen atoms in total. The van der Waals surface area contributed by atoms with Crippen LogP contribution < -0.4 is 4.74 Å². The highest BCUT2D eigenvalue weighted by atomic mass is 16.5. The van der Waals surface area contributed by atoms with Crippen LogP contribution in [0.25, 0.3) is 0 Å². The van der Waals surface area contributed by atoms with E-state index in [1.807, 2.05) is 17.0 Å². The zero-order valence-corrected chi connectivity index (χ0v) is 16.3. The molecule has 27 heavy (non-hydrogen) atoms. The number of nitrogens with zero attached hydrogens (tertiary/aromatic N) is 3. The molecule has 0 aromatic heterocycles. The molecule has 0 N–H and O–H groups in total. The number of hydrogen-bond acceptors (Lipinski definition) is 5. The van der Waals surface area contributed by atoms with Crippen molar-refractivity contribution >= 4 is 5.91 Å². The number of fused-ring (bicyclic) bond motifs is 3. The zero-order chi connectivity index (χ0) is 18.6. The van der Waals surface area contributed by atoms with Gasteiger partial charge in [-0.15, -0.1) is 0 Å². The monoisotopic (exact) mass is 373 g/mol. The summed E-state index contributed by atoms with van der Waals surface area (Å²) in [5, 5.41) is 0. The van der Waals surface area contributed by atoms with Gasteiger partial charge in [0.1, 0.15) is 5.75 Å². The van der Waals surface area contributed by atoms with E-state index in [-0.39, 0.29) is 12.5 Å². The molecule has 0 saturated carbocycles. The van der Waals surface area contributed by atoms with Gasteiger partial charge in [0.05, 0.1) is 13.2 Å². The summed E-state index contributed by atoms with van der Waals surface area (Å²) < 4.78 is 11.5. The van der Waals surface area contributed by atoms with E-state index < -0.39 is 0 Å². The molecule has 0 spiro atoms. The van der Waals surface area contributed by atoms with E-state index in [1.165, 1.54) is 5.56 Å². The average molecular weight is 373 g/mol. The minimum atomic E-state index is 0.0963. The number of hydrogen-bond donors (Lipinski definition) is 0. The highest BCUT2D eigenvalue weighted by molar-refractivity contribution is 5.78. The molecule has 3 fully saturated rings. The lowest BCUT2D eigenvalue weighted by molar-refractivity contribution is -0.132. The van der Waals surface area contributed by atoms with Gasteiger partial charge in [0.15, 0.2) is 6.61 Å². The van der Waals surface area contributed by atoms with Crippen molar-refractivity contribution in [1.29, 1.82) is 0 Å². The predicted molar refractivity (Wildman–Crippen MR) is 104 cm³/mol. The van der Waals surface area contributed by atoms with Crippen molar-refractivity contribution in [2.24, 2.45) is 5.92 Å². The maximum absolute atomic E-state index is 12.1. The smallest absolute Gasteiger partial charge is 0.260 e. The van der Waals surface area contributed by atoms with Gasteiger partial charge in [-0.05, 0) is 37.6 Å². The third-order valence-corrected chi connectivity index (χ3v) is 5.97. The molecular weight excluding hydrogens is 342 g/mol. The first kappa shape index (κ1) is 18.7. The van der Waals surface area contributed by atoms with Crippen LogP contribution in [0.2, 0.25) is 0 Å². The Morgan fingerprint density at radius 1 is 1.11 bits per heavy atom. The molecule has 148 valence electrons. The summed E-state index contributed by atoms with van der Waals surface area (Å²) in [6, 6.07) is 8.70. The van der Waals surface area contributed by atoms with Crippen molar-refractivity contribution in [2.45, 2.75) is 25.4 Å². The lowest BCUT2D eigenvalue weighted by Crippen LogP contribution is -2.41. The number of benzene rings is 1. The second-order valence-corrected chi connectivity index (χ2v) is 8.21. The topological polar surface area (TPSA) is 45.3 Å². The summed E-state index contributed by atoms with van der Waals surface area (Å²) in [6.45, 7) is 7.81. The summed E-state index contributed by atoms with van der Waals surface area (Å²) in [5.41, 5.74) is 1.29. The van der Waals surface area contributed by atoms with Crippen LogP contribution >= 0.6 is 0 Å². The summed E-state index contributed by atoms with van der Waals surface area (Å²) in [6.07, 6.45) is 2.22. The van der Waals surface area contributed by atoms with Crippen molar-refractivity contribution in [3.8, 4) is 5.75 Å². The molecule has 3 aliphatic heterocycles. The van der Waals surface area contributed by atoms with Crippen molar-refractivity contribution in [3.63, 3.8) is 0 Å². The van der Waals surface area contributed by atoms with Gasteiger partial charge in [0, 0.05) is 51.2 Å². The van der Waals surface area contributed by atoms with Crippen LogP contribution in [0.15, 0.2) is 24.3 Å². The summed E-state index contributed by atoms with van der Waals surface area (Å²) >= 11 is 0. The maximum atomic E-state index is 12.1. The Hall–Kier alpha value is -1.63. The molecule has 6 heteroatoms. The van der Waals surface area contributed by atoms with E-state index in [9.17, 15) is 4.79 Å². The average Bonchev–Trinajstić information content (AvgIpc) is 3.08. The van der Waals surface area contributed by atoms with E-state index in [4.69, 9.17) is 9.47 Å². The molecule has 1 amide bonds. The molecule has 1 aromatic carbocycles. The van der Waals surface area contributed by atoms with E-state index in [0.717, 1.165) is 71.1 Å². The third kappa shape index (κ3) is 4.81. The molecule has 0 unspecified atom stereocenters. The van der Waals surface area contributed by atoms with Crippen LogP contribution in [0.1, 0.15) is 18.4 Å². The first-order valence-corrected chi connectivity index (χ1v) is 10.2. The molecule has 1 aromatic rings. The van der Waals surface area contributed by atoms with E-state index >= 15 is 0 Å². The van der Waals surface area contributed by atoms with Crippen LogP contribution in [0.4, 0.5) is 0 Å². The number of likely N-dealkylation sites (N-methyl/N-ethyl adjacent to an activating group) is 1. The summed E-state index contributed by atoms with van der Waals surface area (Å²) in [5.74, 6) is 1.45. The van der Waals surface area contributed by atoms with Gasteiger partial charge in [-0.1, -0.05) is 12.1 Å². The van der Waals surface area contributed by atoms with Gasteiger partial charge < -0.3 is 14.4 Å². The Kier molecular flexibility index (Phi) is 5.95. The van der Waals surface area contributed by atoms with Crippen molar-refractivity contribution in [2.75, 3.05) is 59.6 Å². The minimum Gasteiger partial charge on any atom is -0.484 e. The van der Waals surface area contributed by atoms with Crippen LogP contribution in [-0.4, -0.2) is 86.2 Å². The minimum absolute atomic E-state index is 0.0963. The molecule has 3 saturated heterocycles. The number of carbonyl (C=O) groups is 1. The largest absolute Gasteiger partial charge is 0.484 e. The van der Waals surface area contributed by atoms with E-state index in [2.05, 4.69) is 29.0 Å². The summed E-state index contributed by atoms with van der Waals surface area (Å²) in [7, 11) is 2.21. The van der Waals surface area contributed by atoms with Crippen LogP contribution in [0, 0.1) is 5.92 Å². The fraction of sp³-hybridized carbons (Fsp3) is 0.667. The van der Waals surface area contributed by atoms with Gasteiger partial charge in [-0.3, -0.25) is 14.6 Å². The molecule has 0 radical (unpaired) electrons. The molecule has 2 bridgehead atoms. The Morgan fingerprint density at radius 2 is 1.89 bits per heavy atom. The predicted octanol–water partition coefficient (Wildman–Crippen LogP) is 1.45. The first-order valence-electron chi connectivity index (χ1n) is 10.2. The molecule has 4 rings (SSSR count). The summed E-state index contributed by atoms with van der Waals surface area (Å²) in [4.78, 5) is 19.0.